The van der Waals surface area contributed by atoms with Gasteiger partial charge in [0.1, 0.15) is 23.4 Å². The van der Waals surface area contributed by atoms with Gasteiger partial charge in [0.15, 0.2) is 0 Å². The lowest BCUT2D eigenvalue weighted by molar-refractivity contribution is 0.142. The molecule has 0 unspecified atom stereocenters. The smallest absolute Gasteiger partial charge is 0.133 e. The summed E-state index contributed by atoms with van der Waals surface area (Å²) in [6.07, 6.45) is 2.60. The van der Waals surface area contributed by atoms with Crippen LogP contribution in [0.2, 0.25) is 0 Å². The normalized spacial score (nSPS) is 19.4. The highest BCUT2D eigenvalue weighted by Crippen LogP contribution is 2.32. The molecule has 2 N–H and O–H groups in total. The molecule has 1 aliphatic heterocycles. The van der Waals surface area contributed by atoms with Gasteiger partial charge in [-0.1, -0.05) is 6.07 Å². The fourth-order valence-electron chi connectivity index (χ4n) is 2.59. The zero-order chi connectivity index (χ0) is 14.7. The molecular weight excluding hydrogens is 273 g/mol. The number of fused-ring (bicyclic) bond motifs is 1. The van der Waals surface area contributed by atoms with Crippen LogP contribution < -0.4 is 10.1 Å². The van der Waals surface area contributed by atoms with Crippen molar-refractivity contribution < 1.29 is 18.7 Å². The van der Waals surface area contributed by atoms with Gasteiger partial charge in [-0.05, 0) is 31.0 Å². The molecule has 112 valence electrons. The highest BCUT2D eigenvalue weighted by atomic mass is 19.1. The second-order valence-corrected chi connectivity index (χ2v) is 5.16. The average Bonchev–Trinajstić information content (AvgIpc) is 2.94. The molecular formula is C16H18FNO3. The molecule has 0 fully saturated rings. The van der Waals surface area contributed by atoms with Gasteiger partial charge in [-0.2, -0.15) is 0 Å². The van der Waals surface area contributed by atoms with Crippen molar-refractivity contribution in [2.45, 2.75) is 25.0 Å². The van der Waals surface area contributed by atoms with Crippen LogP contribution in [-0.4, -0.2) is 18.3 Å². The van der Waals surface area contributed by atoms with E-state index in [2.05, 4.69) is 5.32 Å². The molecule has 3 rings (SSSR count). The Morgan fingerprint density at radius 1 is 1.38 bits per heavy atom. The Hall–Kier alpha value is -1.85. The van der Waals surface area contributed by atoms with Gasteiger partial charge in [-0.3, -0.25) is 0 Å². The Morgan fingerprint density at radius 2 is 2.29 bits per heavy atom. The number of furan rings is 1. The van der Waals surface area contributed by atoms with Gasteiger partial charge in [-0.15, -0.1) is 0 Å². The Labute approximate surface area is 122 Å². The van der Waals surface area contributed by atoms with E-state index in [-0.39, 0.29) is 11.9 Å². The van der Waals surface area contributed by atoms with Gasteiger partial charge >= 0.3 is 0 Å². The van der Waals surface area contributed by atoms with E-state index in [1.165, 1.54) is 18.4 Å². The molecule has 2 aromatic rings. The van der Waals surface area contributed by atoms with Crippen molar-refractivity contribution in [2.24, 2.45) is 0 Å². The molecule has 1 aromatic heterocycles. The summed E-state index contributed by atoms with van der Waals surface area (Å²) in [5, 5.41) is 13.4. The van der Waals surface area contributed by atoms with Gasteiger partial charge in [0.2, 0.25) is 0 Å². The SMILES string of the molecule is O[C@H](CN[C@H]1CCCOc2cc(F)ccc21)c1ccco1. The van der Waals surface area contributed by atoms with E-state index >= 15 is 0 Å². The summed E-state index contributed by atoms with van der Waals surface area (Å²) >= 11 is 0. The Bertz CT molecular complexity index is 585. The summed E-state index contributed by atoms with van der Waals surface area (Å²) in [4.78, 5) is 0. The van der Waals surface area contributed by atoms with Gasteiger partial charge in [0, 0.05) is 24.2 Å². The van der Waals surface area contributed by atoms with Crippen molar-refractivity contribution in [3.63, 3.8) is 0 Å². The Balaban J connectivity index is 1.71. The van der Waals surface area contributed by atoms with E-state index < -0.39 is 6.10 Å². The minimum Gasteiger partial charge on any atom is -0.493 e. The van der Waals surface area contributed by atoms with Crippen molar-refractivity contribution >= 4 is 0 Å². The molecule has 21 heavy (non-hydrogen) atoms. The Kier molecular flexibility index (Phi) is 4.22. The third kappa shape index (κ3) is 3.25. The van der Waals surface area contributed by atoms with Gasteiger partial charge in [-0.25, -0.2) is 4.39 Å². The molecule has 0 saturated heterocycles. The average molecular weight is 291 g/mol. The summed E-state index contributed by atoms with van der Waals surface area (Å²) < 4.78 is 24.1. The zero-order valence-corrected chi connectivity index (χ0v) is 11.6. The number of benzene rings is 1. The number of aliphatic hydroxyl groups is 1. The van der Waals surface area contributed by atoms with Crippen LogP contribution in [0.5, 0.6) is 5.75 Å². The first-order valence-corrected chi connectivity index (χ1v) is 7.11. The molecule has 1 aliphatic rings. The highest BCUT2D eigenvalue weighted by Gasteiger charge is 2.21. The van der Waals surface area contributed by atoms with Gasteiger partial charge in [0.05, 0.1) is 12.9 Å². The number of hydrogen-bond donors (Lipinski definition) is 2. The molecule has 0 amide bonds. The lowest BCUT2D eigenvalue weighted by atomic mass is 10.0. The van der Waals surface area contributed by atoms with E-state index in [1.807, 2.05) is 0 Å². The summed E-state index contributed by atoms with van der Waals surface area (Å²) in [6, 6.07) is 8.12. The second-order valence-electron chi connectivity index (χ2n) is 5.16. The molecule has 1 aromatic carbocycles. The van der Waals surface area contributed by atoms with Crippen molar-refractivity contribution in [2.75, 3.05) is 13.2 Å². The van der Waals surface area contributed by atoms with E-state index in [1.54, 1.807) is 18.2 Å². The van der Waals surface area contributed by atoms with E-state index in [0.29, 0.717) is 24.7 Å². The lowest BCUT2D eigenvalue weighted by Crippen LogP contribution is -2.26. The predicted octanol–water partition coefficient (Wildman–Crippen LogP) is 2.96. The first-order valence-electron chi connectivity index (χ1n) is 7.11. The van der Waals surface area contributed by atoms with Crippen LogP contribution in [0.3, 0.4) is 0 Å². The van der Waals surface area contributed by atoms with Crippen LogP contribution in [0, 0.1) is 5.82 Å². The third-order valence-corrected chi connectivity index (χ3v) is 3.67. The number of nitrogens with one attached hydrogen (secondary N) is 1. The maximum atomic E-state index is 13.3. The van der Waals surface area contributed by atoms with Crippen LogP contribution >= 0.6 is 0 Å². The topological polar surface area (TPSA) is 54.6 Å². The minimum atomic E-state index is -0.701. The molecule has 0 saturated carbocycles. The van der Waals surface area contributed by atoms with Crippen molar-refractivity contribution in [3.05, 3.63) is 53.7 Å². The molecule has 0 bridgehead atoms. The first-order chi connectivity index (χ1) is 10.2. The molecule has 2 heterocycles. The minimum absolute atomic E-state index is 0.0349. The van der Waals surface area contributed by atoms with E-state index in [9.17, 15) is 9.50 Å². The van der Waals surface area contributed by atoms with E-state index in [0.717, 1.165) is 18.4 Å². The fourth-order valence-corrected chi connectivity index (χ4v) is 2.59. The summed E-state index contributed by atoms with van der Waals surface area (Å²) in [5.74, 6) is 0.814. The second kappa shape index (κ2) is 6.28. The van der Waals surface area contributed by atoms with Crippen LogP contribution in [0.15, 0.2) is 41.0 Å². The van der Waals surface area contributed by atoms with Crippen molar-refractivity contribution in [1.82, 2.24) is 5.32 Å². The fraction of sp³-hybridized carbons (Fsp3) is 0.375. The molecule has 4 nitrogen and oxygen atoms in total. The molecule has 0 spiro atoms. The number of aliphatic hydroxyl groups excluding tert-OH is 1. The molecule has 2 atom stereocenters. The van der Waals surface area contributed by atoms with Crippen LogP contribution in [-0.2, 0) is 0 Å². The predicted molar refractivity (Wildman–Crippen MR) is 75.5 cm³/mol. The van der Waals surface area contributed by atoms with Gasteiger partial charge in [0.25, 0.3) is 0 Å². The monoisotopic (exact) mass is 291 g/mol. The standard InChI is InChI=1S/C16H18FNO3/c17-11-5-6-12-13(3-1-7-21-16(12)9-11)18-10-14(19)15-4-2-8-20-15/h2,4-6,8-9,13-14,18-19H,1,3,7,10H2/t13-,14+/m0/s1. The Morgan fingerprint density at radius 3 is 3.10 bits per heavy atom. The maximum absolute atomic E-state index is 13.3. The largest absolute Gasteiger partial charge is 0.493 e. The van der Waals surface area contributed by atoms with Gasteiger partial charge < -0.3 is 19.6 Å². The third-order valence-electron chi connectivity index (χ3n) is 3.67. The maximum Gasteiger partial charge on any atom is 0.133 e. The lowest BCUT2D eigenvalue weighted by Gasteiger charge is -2.20. The summed E-state index contributed by atoms with van der Waals surface area (Å²) in [6.45, 7) is 0.949. The summed E-state index contributed by atoms with van der Waals surface area (Å²) in [5.41, 5.74) is 0.931. The number of hydrogen-bond acceptors (Lipinski definition) is 4. The van der Waals surface area contributed by atoms with E-state index in [4.69, 9.17) is 9.15 Å². The van der Waals surface area contributed by atoms with Crippen LogP contribution in [0.4, 0.5) is 4.39 Å². The van der Waals surface area contributed by atoms with Crippen LogP contribution in [0.1, 0.15) is 36.3 Å². The van der Waals surface area contributed by atoms with Crippen LogP contribution in [0.25, 0.3) is 0 Å². The molecule has 5 heteroatoms. The van der Waals surface area contributed by atoms with Crippen molar-refractivity contribution in [3.8, 4) is 5.75 Å². The number of rotatable bonds is 4. The first kappa shape index (κ1) is 14.1. The highest BCUT2D eigenvalue weighted by molar-refractivity contribution is 5.37. The summed E-state index contributed by atoms with van der Waals surface area (Å²) in [7, 11) is 0. The van der Waals surface area contributed by atoms with Crippen molar-refractivity contribution in [1.29, 1.82) is 0 Å². The molecule has 0 radical (unpaired) electrons. The zero-order valence-electron chi connectivity index (χ0n) is 11.6. The number of halogens is 1. The quantitative estimate of drug-likeness (QED) is 0.909. The molecule has 0 aliphatic carbocycles. The number of ether oxygens (including phenoxy) is 1.